The lowest BCUT2D eigenvalue weighted by Crippen LogP contribution is -2.53. The normalized spacial score (nSPS) is 16.5. The van der Waals surface area contributed by atoms with Gasteiger partial charge in [0.15, 0.2) is 5.11 Å². The molecule has 0 unspecified atom stereocenters. The summed E-state index contributed by atoms with van der Waals surface area (Å²) in [5.74, 6) is 0. The molecule has 114 valence electrons. The van der Waals surface area contributed by atoms with Crippen LogP contribution < -0.4 is 10.7 Å². The Bertz CT molecular complexity index is 548. The molecular weight excluding hydrogens is 314 g/mol. The molecule has 0 radical (unpaired) electrons. The molecule has 0 aliphatic carbocycles. The number of rotatable bonds is 3. The maximum Gasteiger partial charge on any atom is 0.271 e. The standard InChI is InChI=1S/C12H16ClN5O2S/c1-16-4-6-17(7-5-16)15-12(21)14-11-8-9(18(19)20)2-3-10(11)13/h2-3,8H,4-7H2,1H3,(H2,14,15,21). The fourth-order valence-electron chi connectivity index (χ4n) is 1.93. The van der Waals surface area contributed by atoms with Crippen LogP contribution in [0, 0.1) is 10.1 Å². The van der Waals surface area contributed by atoms with E-state index < -0.39 is 4.92 Å². The number of nitrogens with zero attached hydrogens (tertiary/aromatic N) is 3. The van der Waals surface area contributed by atoms with Crippen molar-refractivity contribution in [1.29, 1.82) is 0 Å². The number of benzene rings is 1. The average molecular weight is 330 g/mol. The molecule has 7 nitrogen and oxygen atoms in total. The van der Waals surface area contributed by atoms with Gasteiger partial charge in [-0.3, -0.25) is 15.5 Å². The van der Waals surface area contributed by atoms with E-state index in [0.29, 0.717) is 15.8 Å². The maximum absolute atomic E-state index is 10.8. The molecule has 1 saturated heterocycles. The molecule has 0 spiro atoms. The largest absolute Gasteiger partial charge is 0.330 e. The van der Waals surface area contributed by atoms with Crippen LogP contribution in [0.2, 0.25) is 5.02 Å². The summed E-state index contributed by atoms with van der Waals surface area (Å²) in [5.41, 5.74) is 3.44. The molecule has 1 aromatic rings. The van der Waals surface area contributed by atoms with E-state index >= 15 is 0 Å². The number of nitrogens with one attached hydrogen (secondary N) is 2. The number of likely N-dealkylation sites (N-methyl/N-ethyl adjacent to an activating group) is 1. The summed E-state index contributed by atoms with van der Waals surface area (Å²) in [6, 6.07) is 4.19. The second kappa shape index (κ2) is 6.99. The van der Waals surface area contributed by atoms with Crippen LogP contribution in [0.3, 0.4) is 0 Å². The lowest BCUT2D eigenvalue weighted by Gasteiger charge is -2.33. The maximum atomic E-state index is 10.8. The molecule has 1 aliphatic heterocycles. The molecule has 1 aliphatic rings. The molecule has 0 aromatic heterocycles. The zero-order chi connectivity index (χ0) is 15.4. The van der Waals surface area contributed by atoms with E-state index in [9.17, 15) is 10.1 Å². The summed E-state index contributed by atoms with van der Waals surface area (Å²) in [5, 5.41) is 16.4. The quantitative estimate of drug-likeness (QED) is 0.496. The van der Waals surface area contributed by atoms with Gasteiger partial charge in [-0.2, -0.15) is 0 Å². The summed E-state index contributed by atoms with van der Waals surface area (Å²) in [6.45, 7) is 3.60. The number of nitro benzene ring substituents is 1. The first-order valence-corrected chi connectivity index (χ1v) is 7.19. The van der Waals surface area contributed by atoms with Crippen molar-refractivity contribution in [2.75, 3.05) is 38.5 Å². The fraction of sp³-hybridized carbons (Fsp3) is 0.417. The minimum atomic E-state index is -0.474. The average Bonchev–Trinajstić information content (AvgIpc) is 2.43. The van der Waals surface area contributed by atoms with Crippen molar-refractivity contribution in [2.24, 2.45) is 0 Å². The monoisotopic (exact) mass is 329 g/mol. The predicted octanol–water partition coefficient (Wildman–Crippen LogP) is 1.70. The third kappa shape index (κ3) is 4.50. The van der Waals surface area contributed by atoms with Gasteiger partial charge in [0.2, 0.25) is 0 Å². The molecule has 0 bridgehead atoms. The van der Waals surface area contributed by atoms with Gasteiger partial charge < -0.3 is 10.2 Å². The van der Waals surface area contributed by atoms with Crippen molar-refractivity contribution in [3.05, 3.63) is 33.3 Å². The van der Waals surface area contributed by atoms with E-state index in [-0.39, 0.29) is 5.69 Å². The highest BCUT2D eigenvalue weighted by Crippen LogP contribution is 2.26. The van der Waals surface area contributed by atoms with E-state index in [1.165, 1.54) is 18.2 Å². The first-order valence-electron chi connectivity index (χ1n) is 6.41. The van der Waals surface area contributed by atoms with Crippen LogP contribution in [0.4, 0.5) is 11.4 Å². The number of piperazine rings is 1. The summed E-state index contributed by atoms with van der Waals surface area (Å²) in [4.78, 5) is 12.5. The Kier molecular flexibility index (Phi) is 5.29. The fourth-order valence-corrected chi connectivity index (χ4v) is 2.34. The highest BCUT2D eigenvalue weighted by Gasteiger charge is 2.15. The Balaban J connectivity index is 1.96. The van der Waals surface area contributed by atoms with Crippen LogP contribution in [-0.2, 0) is 0 Å². The number of hydrazine groups is 1. The zero-order valence-corrected chi connectivity index (χ0v) is 13.1. The minimum absolute atomic E-state index is 0.0377. The van der Waals surface area contributed by atoms with Gasteiger partial charge >= 0.3 is 0 Å². The van der Waals surface area contributed by atoms with Crippen LogP contribution in [0.15, 0.2) is 18.2 Å². The highest BCUT2D eigenvalue weighted by molar-refractivity contribution is 7.80. The molecule has 2 N–H and O–H groups in total. The van der Waals surface area contributed by atoms with E-state index in [1.54, 1.807) is 0 Å². The van der Waals surface area contributed by atoms with Gasteiger partial charge in [-0.15, -0.1) is 0 Å². The molecule has 0 atom stereocenters. The predicted molar refractivity (Wildman–Crippen MR) is 86.5 cm³/mol. The van der Waals surface area contributed by atoms with Crippen molar-refractivity contribution in [3.8, 4) is 0 Å². The number of nitro groups is 1. The lowest BCUT2D eigenvalue weighted by atomic mass is 10.3. The number of hydrogen-bond donors (Lipinski definition) is 2. The van der Waals surface area contributed by atoms with Gasteiger partial charge in [0.25, 0.3) is 5.69 Å². The van der Waals surface area contributed by atoms with Crippen LogP contribution in [0.5, 0.6) is 0 Å². The molecule has 1 fully saturated rings. The lowest BCUT2D eigenvalue weighted by molar-refractivity contribution is -0.384. The number of thiocarbonyl (C=S) groups is 1. The van der Waals surface area contributed by atoms with Crippen LogP contribution in [-0.4, -0.2) is 53.2 Å². The number of hydrogen-bond acceptors (Lipinski definition) is 5. The van der Waals surface area contributed by atoms with Crippen molar-refractivity contribution < 1.29 is 4.92 Å². The molecule has 9 heteroatoms. The summed E-state index contributed by atoms with van der Waals surface area (Å²) >= 11 is 11.2. The van der Waals surface area contributed by atoms with E-state index in [1.807, 2.05) is 5.01 Å². The number of anilines is 1. The summed E-state index contributed by atoms with van der Waals surface area (Å²) in [6.07, 6.45) is 0. The highest BCUT2D eigenvalue weighted by atomic mass is 35.5. The van der Waals surface area contributed by atoms with Gasteiger partial charge in [-0.25, -0.2) is 5.01 Å². The van der Waals surface area contributed by atoms with E-state index in [4.69, 9.17) is 23.8 Å². The summed E-state index contributed by atoms with van der Waals surface area (Å²) in [7, 11) is 2.07. The summed E-state index contributed by atoms with van der Waals surface area (Å²) < 4.78 is 0. The molecule has 1 heterocycles. The SMILES string of the molecule is CN1CCN(NC(=S)Nc2cc([N+](=O)[O-])ccc2Cl)CC1. The Morgan fingerprint density at radius 1 is 1.38 bits per heavy atom. The number of non-ortho nitro benzene ring substituents is 1. The van der Waals surface area contributed by atoms with E-state index in [2.05, 4.69) is 22.7 Å². The molecule has 21 heavy (non-hydrogen) atoms. The Morgan fingerprint density at radius 3 is 2.67 bits per heavy atom. The van der Waals surface area contributed by atoms with Crippen molar-refractivity contribution in [1.82, 2.24) is 15.3 Å². The van der Waals surface area contributed by atoms with Crippen molar-refractivity contribution >= 4 is 40.3 Å². The topological polar surface area (TPSA) is 73.7 Å². The Labute approximate surface area is 133 Å². The Morgan fingerprint density at radius 2 is 2.05 bits per heavy atom. The first kappa shape index (κ1) is 15.9. The second-order valence-corrected chi connectivity index (χ2v) is 5.59. The third-order valence-electron chi connectivity index (χ3n) is 3.17. The molecule has 0 amide bonds. The second-order valence-electron chi connectivity index (χ2n) is 4.78. The van der Waals surface area contributed by atoms with Gasteiger partial charge in [0.05, 0.1) is 15.6 Å². The minimum Gasteiger partial charge on any atom is -0.330 e. The molecule has 1 aromatic carbocycles. The van der Waals surface area contributed by atoms with Gasteiger partial charge in [-0.05, 0) is 25.3 Å². The third-order valence-corrected chi connectivity index (χ3v) is 3.69. The number of halogens is 1. The molecular formula is C12H16ClN5O2S. The van der Waals surface area contributed by atoms with Crippen molar-refractivity contribution in [3.63, 3.8) is 0 Å². The first-order chi connectivity index (χ1) is 9.95. The molecule has 2 rings (SSSR count). The zero-order valence-electron chi connectivity index (χ0n) is 11.5. The molecule has 0 saturated carbocycles. The van der Waals surface area contributed by atoms with Crippen LogP contribution in [0.25, 0.3) is 0 Å². The smallest absolute Gasteiger partial charge is 0.271 e. The van der Waals surface area contributed by atoms with Crippen molar-refractivity contribution in [2.45, 2.75) is 0 Å². The van der Waals surface area contributed by atoms with Crippen LogP contribution in [0.1, 0.15) is 0 Å². The van der Waals surface area contributed by atoms with E-state index in [0.717, 1.165) is 26.2 Å². The van der Waals surface area contributed by atoms with Gasteiger partial charge in [0, 0.05) is 38.3 Å². The van der Waals surface area contributed by atoms with Crippen LogP contribution >= 0.6 is 23.8 Å². The Hall–Kier alpha value is -1.48. The van der Waals surface area contributed by atoms with Gasteiger partial charge in [-0.1, -0.05) is 11.6 Å². The van der Waals surface area contributed by atoms with Gasteiger partial charge in [0.1, 0.15) is 0 Å².